The van der Waals surface area contributed by atoms with Crippen molar-refractivity contribution >= 4 is 17.4 Å². The van der Waals surface area contributed by atoms with E-state index in [4.69, 9.17) is 4.74 Å². The molecule has 2 rings (SSSR count). The molecule has 0 spiro atoms. The molecule has 0 unspecified atom stereocenters. The molecule has 5 nitrogen and oxygen atoms in total. The first-order valence-electron chi connectivity index (χ1n) is 6.38. The largest absolute Gasteiger partial charge is 0.373 e. The molecule has 1 aliphatic carbocycles. The highest BCUT2D eigenvalue weighted by molar-refractivity contribution is 7.07. The molecular formula is C12H19N3O2S. The summed E-state index contributed by atoms with van der Waals surface area (Å²) in [6.45, 7) is 5.07. The standard InChI is InChI=1S/C12H19N3O2S/c1-3-17-12(6-4-5-7-12)8-13-11(16)10-9(2)14-15-18-10/h3-8H2,1-2H3,(H,13,16). The van der Waals surface area contributed by atoms with Crippen LogP contribution in [0.5, 0.6) is 0 Å². The zero-order valence-corrected chi connectivity index (χ0v) is 11.7. The Balaban J connectivity index is 1.94. The second-order valence-corrected chi connectivity index (χ2v) is 5.45. The van der Waals surface area contributed by atoms with Crippen molar-refractivity contribution in [2.24, 2.45) is 0 Å². The lowest BCUT2D eigenvalue weighted by Gasteiger charge is -2.29. The molecule has 0 radical (unpaired) electrons. The molecule has 18 heavy (non-hydrogen) atoms. The van der Waals surface area contributed by atoms with Gasteiger partial charge in [0, 0.05) is 13.2 Å². The molecule has 1 aromatic heterocycles. The maximum absolute atomic E-state index is 12.0. The fourth-order valence-electron chi connectivity index (χ4n) is 2.46. The summed E-state index contributed by atoms with van der Waals surface area (Å²) in [5, 5.41) is 6.81. The Labute approximate surface area is 111 Å². The van der Waals surface area contributed by atoms with Crippen LogP contribution in [0.25, 0.3) is 0 Å². The van der Waals surface area contributed by atoms with Crippen LogP contribution < -0.4 is 5.32 Å². The predicted octanol–water partition coefficient (Wildman–Crippen LogP) is 1.93. The average Bonchev–Trinajstić information content (AvgIpc) is 2.97. The smallest absolute Gasteiger partial charge is 0.265 e. The minimum atomic E-state index is -0.156. The molecule has 0 atom stereocenters. The SMILES string of the molecule is CCOC1(CNC(=O)c2snnc2C)CCCC1. The highest BCUT2D eigenvalue weighted by Crippen LogP contribution is 2.32. The maximum Gasteiger partial charge on any atom is 0.265 e. The third-order valence-corrected chi connectivity index (χ3v) is 4.22. The summed E-state index contributed by atoms with van der Waals surface area (Å²) in [5.41, 5.74) is 0.533. The highest BCUT2D eigenvalue weighted by Gasteiger charge is 2.35. The fraction of sp³-hybridized carbons (Fsp3) is 0.750. The van der Waals surface area contributed by atoms with Gasteiger partial charge in [0.25, 0.3) is 5.91 Å². The van der Waals surface area contributed by atoms with Crippen molar-refractivity contribution in [3.05, 3.63) is 10.6 Å². The van der Waals surface area contributed by atoms with E-state index >= 15 is 0 Å². The Morgan fingerprint density at radius 1 is 1.50 bits per heavy atom. The van der Waals surface area contributed by atoms with Crippen LogP contribution in [0.15, 0.2) is 0 Å². The molecule has 1 fully saturated rings. The molecule has 1 saturated carbocycles. The lowest BCUT2D eigenvalue weighted by atomic mass is 10.0. The van der Waals surface area contributed by atoms with E-state index in [0.717, 1.165) is 24.4 Å². The Hall–Kier alpha value is -1.01. The summed E-state index contributed by atoms with van der Waals surface area (Å²) in [5.74, 6) is -0.0894. The number of hydrogen-bond donors (Lipinski definition) is 1. The first-order valence-corrected chi connectivity index (χ1v) is 7.15. The third-order valence-electron chi connectivity index (χ3n) is 3.39. The Morgan fingerprint density at radius 3 is 2.78 bits per heavy atom. The number of aromatic nitrogens is 2. The quantitative estimate of drug-likeness (QED) is 0.887. The molecular weight excluding hydrogens is 250 g/mol. The van der Waals surface area contributed by atoms with E-state index in [9.17, 15) is 4.79 Å². The summed E-state index contributed by atoms with van der Waals surface area (Å²) in [6, 6.07) is 0. The predicted molar refractivity (Wildman–Crippen MR) is 69.8 cm³/mol. The van der Waals surface area contributed by atoms with E-state index in [1.165, 1.54) is 12.8 Å². The van der Waals surface area contributed by atoms with Crippen LogP contribution >= 0.6 is 11.5 Å². The van der Waals surface area contributed by atoms with Crippen molar-refractivity contribution in [3.63, 3.8) is 0 Å². The summed E-state index contributed by atoms with van der Waals surface area (Å²) in [6.07, 6.45) is 4.41. The number of rotatable bonds is 5. The van der Waals surface area contributed by atoms with Crippen LogP contribution in [0.1, 0.15) is 48.0 Å². The van der Waals surface area contributed by atoms with Gasteiger partial charge in [-0.25, -0.2) is 0 Å². The topological polar surface area (TPSA) is 64.1 Å². The van der Waals surface area contributed by atoms with Gasteiger partial charge in [-0.1, -0.05) is 17.3 Å². The van der Waals surface area contributed by atoms with Gasteiger partial charge in [-0.15, -0.1) is 5.10 Å². The molecule has 1 amide bonds. The van der Waals surface area contributed by atoms with Gasteiger partial charge >= 0.3 is 0 Å². The zero-order valence-electron chi connectivity index (χ0n) is 10.9. The van der Waals surface area contributed by atoms with Crippen molar-refractivity contribution in [2.45, 2.75) is 45.1 Å². The van der Waals surface area contributed by atoms with Crippen molar-refractivity contribution in [1.29, 1.82) is 0 Å². The zero-order chi connectivity index (χ0) is 13.0. The van der Waals surface area contributed by atoms with Crippen LogP contribution in [-0.2, 0) is 4.74 Å². The molecule has 1 heterocycles. The molecule has 0 aliphatic heterocycles. The molecule has 0 aromatic carbocycles. The van der Waals surface area contributed by atoms with Crippen molar-refractivity contribution in [3.8, 4) is 0 Å². The van der Waals surface area contributed by atoms with E-state index in [2.05, 4.69) is 14.9 Å². The monoisotopic (exact) mass is 269 g/mol. The molecule has 1 aromatic rings. The van der Waals surface area contributed by atoms with Crippen molar-refractivity contribution in [1.82, 2.24) is 14.9 Å². The van der Waals surface area contributed by atoms with Gasteiger partial charge in [-0.05, 0) is 38.2 Å². The average molecular weight is 269 g/mol. The van der Waals surface area contributed by atoms with Crippen LogP contribution in [-0.4, -0.2) is 34.2 Å². The van der Waals surface area contributed by atoms with Gasteiger partial charge in [-0.3, -0.25) is 4.79 Å². The molecule has 1 N–H and O–H groups in total. The van der Waals surface area contributed by atoms with Crippen LogP contribution in [0.4, 0.5) is 0 Å². The summed E-state index contributed by atoms with van der Waals surface area (Å²) < 4.78 is 9.62. The van der Waals surface area contributed by atoms with Gasteiger partial charge in [0.2, 0.25) is 0 Å². The number of carbonyl (C=O) groups is 1. The van der Waals surface area contributed by atoms with Gasteiger partial charge in [-0.2, -0.15) is 0 Å². The number of aryl methyl sites for hydroxylation is 1. The molecule has 6 heteroatoms. The van der Waals surface area contributed by atoms with E-state index in [0.29, 0.717) is 23.7 Å². The van der Waals surface area contributed by atoms with Crippen LogP contribution in [0.3, 0.4) is 0 Å². The van der Waals surface area contributed by atoms with E-state index in [-0.39, 0.29) is 11.5 Å². The number of hydrogen-bond acceptors (Lipinski definition) is 5. The second kappa shape index (κ2) is 5.75. The molecule has 1 aliphatic rings. The first kappa shape index (κ1) is 13.4. The van der Waals surface area contributed by atoms with Gasteiger partial charge in [0.15, 0.2) is 0 Å². The number of amides is 1. The minimum absolute atomic E-state index is 0.0894. The molecule has 100 valence electrons. The molecule has 0 saturated heterocycles. The van der Waals surface area contributed by atoms with E-state index in [1.807, 2.05) is 6.92 Å². The Kier molecular flexibility index (Phi) is 4.29. The van der Waals surface area contributed by atoms with Gasteiger partial charge in [0.1, 0.15) is 4.88 Å². The number of ether oxygens (including phenoxy) is 1. The number of carbonyl (C=O) groups excluding carboxylic acids is 1. The van der Waals surface area contributed by atoms with Gasteiger partial charge in [0.05, 0.1) is 11.3 Å². The Bertz CT molecular complexity index is 413. The van der Waals surface area contributed by atoms with E-state index < -0.39 is 0 Å². The number of nitrogens with zero attached hydrogens (tertiary/aromatic N) is 2. The van der Waals surface area contributed by atoms with Crippen molar-refractivity contribution < 1.29 is 9.53 Å². The number of nitrogens with one attached hydrogen (secondary N) is 1. The summed E-state index contributed by atoms with van der Waals surface area (Å²) in [4.78, 5) is 12.6. The van der Waals surface area contributed by atoms with Crippen LogP contribution in [0, 0.1) is 6.92 Å². The highest BCUT2D eigenvalue weighted by atomic mass is 32.1. The summed E-state index contributed by atoms with van der Waals surface area (Å²) >= 11 is 1.14. The lowest BCUT2D eigenvalue weighted by molar-refractivity contribution is -0.0315. The lowest BCUT2D eigenvalue weighted by Crippen LogP contribution is -2.43. The first-order chi connectivity index (χ1) is 8.67. The van der Waals surface area contributed by atoms with Crippen LogP contribution in [0.2, 0.25) is 0 Å². The van der Waals surface area contributed by atoms with Crippen molar-refractivity contribution in [2.75, 3.05) is 13.2 Å². The maximum atomic E-state index is 12.0. The Morgan fingerprint density at radius 2 is 2.22 bits per heavy atom. The minimum Gasteiger partial charge on any atom is -0.373 e. The van der Waals surface area contributed by atoms with Gasteiger partial charge < -0.3 is 10.1 Å². The normalized spacial score (nSPS) is 17.9. The fourth-order valence-corrected chi connectivity index (χ4v) is 3.03. The second-order valence-electron chi connectivity index (χ2n) is 4.69. The summed E-state index contributed by atoms with van der Waals surface area (Å²) in [7, 11) is 0. The van der Waals surface area contributed by atoms with E-state index in [1.54, 1.807) is 6.92 Å². The third kappa shape index (κ3) is 2.87. The molecule has 0 bridgehead atoms.